The van der Waals surface area contributed by atoms with Gasteiger partial charge in [-0.1, -0.05) is 31.2 Å². The smallest absolute Gasteiger partial charge is 0.226 e. The van der Waals surface area contributed by atoms with Gasteiger partial charge in [0.25, 0.3) is 0 Å². The van der Waals surface area contributed by atoms with Crippen LogP contribution in [0, 0.1) is 6.92 Å². The minimum Gasteiger partial charge on any atom is -0.486 e. The first kappa shape index (κ1) is 15.6. The molecule has 0 saturated heterocycles. The van der Waals surface area contributed by atoms with Crippen molar-refractivity contribution in [3.63, 3.8) is 0 Å². The number of carbonyl (C=O) groups is 1. The summed E-state index contributed by atoms with van der Waals surface area (Å²) in [6.07, 6.45) is 2.15. The first-order chi connectivity index (χ1) is 12.1. The Morgan fingerprint density at radius 1 is 1.20 bits per heavy atom. The summed E-state index contributed by atoms with van der Waals surface area (Å²) in [7, 11) is 0. The maximum atomic E-state index is 12.3. The number of fused-ring (bicyclic) bond motifs is 1. The molecular weight excluding hydrogens is 314 g/mol. The normalized spacial score (nSPS) is 16.1. The fourth-order valence-corrected chi connectivity index (χ4v) is 3.47. The highest BCUT2D eigenvalue weighted by Gasteiger charge is 2.31. The van der Waals surface area contributed by atoms with Gasteiger partial charge < -0.3 is 9.15 Å². The zero-order chi connectivity index (χ0) is 17.4. The van der Waals surface area contributed by atoms with Crippen molar-refractivity contribution in [2.75, 3.05) is 0 Å². The van der Waals surface area contributed by atoms with Crippen molar-refractivity contribution in [3.8, 4) is 17.2 Å². The number of hydrogen-bond donors (Lipinski definition) is 0. The van der Waals surface area contributed by atoms with E-state index in [0.717, 1.165) is 22.3 Å². The number of nitrogens with zero attached hydrogens (tertiary/aromatic N) is 1. The van der Waals surface area contributed by atoms with Crippen molar-refractivity contribution in [1.82, 2.24) is 4.98 Å². The molecule has 4 nitrogen and oxygen atoms in total. The third-order valence-electron chi connectivity index (χ3n) is 4.64. The van der Waals surface area contributed by atoms with E-state index in [1.54, 1.807) is 6.26 Å². The number of Topliss-reactive ketones (excluding diaryl/α,β-unsaturated/α-hetero) is 1. The Hall–Kier alpha value is -2.88. The number of hydrogen-bond acceptors (Lipinski definition) is 4. The zero-order valence-corrected chi connectivity index (χ0v) is 14.3. The molecule has 1 aliphatic rings. The summed E-state index contributed by atoms with van der Waals surface area (Å²) in [6.45, 7) is 4.40. The number of aryl methyl sites for hydroxylation is 1. The molecule has 4 heteroatoms. The predicted octanol–water partition coefficient (Wildman–Crippen LogP) is 4.92. The third-order valence-corrected chi connectivity index (χ3v) is 4.64. The first-order valence-electron chi connectivity index (χ1n) is 8.43. The molecule has 0 amide bonds. The van der Waals surface area contributed by atoms with E-state index in [1.807, 2.05) is 49.4 Å². The summed E-state index contributed by atoms with van der Waals surface area (Å²) in [5.41, 5.74) is 4.63. The highest BCUT2D eigenvalue weighted by molar-refractivity contribution is 6.04. The predicted molar refractivity (Wildman–Crippen MR) is 94.8 cm³/mol. The first-order valence-corrected chi connectivity index (χ1v) is 8.43. The molecule has 3 aromatic rings. The zero-order valence-electron chi connectivity index (χ0n) is 14.3. The van der Waals surface area contributed by atoms with E-state index in [4.69, 9.17) is 9.15 Å². The maximum absolute atomic E-state index is 12.3. The Morgan fingerprint density at radius 2 is 2.00 bits per heavy atom. The van der Waals surface area contributed by atoms with Gasteiger partial charge in [-0.3, -0.25) is 4.79 Å². The van der Waals surface area contributed by atoms with Gasteiger partial charge in [0.15, 0.2) is 5.78 Å². The van der Waals surface area contributed by atoms with E-state index in [0.29, 0.717) is 23.8 Å². The second-order valence-corrected chi connectivity index (χ2v) is 6.50. The molecule has 1 heterocycles. The van der Waals surface area contributed by atoms with Gasteiger partial charge >= 0.3 is 0 Å². The summed E-state index contributed by atoms with van der Waals surface area (Å²) >= 11 is 0. The van der Waals surface area contributed by atoms with Crippen LogP contribution in [0.4, 0.5) is 0 Å². The molecule has 25 heavy (non-hydrogen) atoms. The van der Waals surface area contributed by atoms with Crippen LogP contribution in [0.15, 0.2) is 53.1 Å². The average molecular weight is 333 g/mol. The molecule has 1 atom stereocenters. The molecule has 126 valence electrons. The van der Waals surface area contributed by atoms with E-state index in [9.17, 15) is 4.79 Å². The van der Waals surface area contributed by atoms with Gasteiger partial charge in [0.1, 0.15) is 24.3 Å². The SMILES string of the molecule is Cc1ccc(OCc2coc(-c3ccccc3)n2)c2c1[C@H](C)CC2=O. The van der Waals surface area contributed by atoms with Crippen molar-refractivity contribution in [2.45, 2.75) is 32.8 Å². The van der Waals surface area contributed by atoms with Gasteiger partial charge in [0.05, 0.1) is 5.56 Å². The topological polar surface area (TPSA) is 52.3 Å². The minimum absolute atomic E-state index is 0.159. The number of ketones is 1. The Morgan fingerprint density at radius 3 is 2.80 bits per heavy atom. The molecule has 0 bridgehead atoms. The number of oxazole rings is 1. The van der Waals surface area contributed by atoms with Crippen LogP contribution in [0.1, 0.15) is 46.4 Å². The van der Waals surface area contributed by atoms with Gasteiger partial charge in [-0.2, -0.15) is 0 Å². The minimum atomic E-state index is 0.159. The molecule has 0 saturated carbocycles. The van der Waals surface area contributed by atoms with Gasteiger partial charge in [-0.25, -0.2) is 4.98 Å². The van der Waals surface area contributed by atoms with Crippen LogP contribution in [-0.2, 0) is 6.61 Å². The Balaban J connectivity index is 1.55. The molecule has 0 N–H and O–H groups in total. The van der Waals surface area contributed by atoms with Crippen LogP contribution in [0.2, 0.25) is 0 Å². The van der Waals surface area contributed by atoms with E-state index in [-0.39, 0.29) is 18.3 Å². The van der Waals surface area contributed by atoms with Crippen molar-refractivity contribution >= 4 is 5.78 Å². The monoisotopic (exact) mass is 333 g/mol. The molecule has 2 aromatic carbocycles. The lowest BCUT2D eigenvalue weighted by Crippen LogP contribution is -2.02. The average Bonchev–Trinajstić information content (AvgIpc) is 3.21. The summed E-state index contributed by atoms with van der Waals surface area (Å²) < 4.78 is 11.4. The van der Waals surface area contributed by atoms with Gasteiger partial charge in [-0.15, -0.1) is 0 Å². The molecule has 1 aliphatic carbocycles. The summed E-state index contributed by atoms with van der Waals surface area (Å²) in [6, 6.07) is 13.6. The van der Waals surface area contributed by atoms with E-state index in [1.165, 1.54) is 0 Å². The summed E-state index contributed by atoms with van der Waals surface area (Å²) in [5.74, 6) is 1.62. The Labute approximate surface area is 146 Å². The highest BCUT2D eigenvalue weighted by atomic mass is 16.5. The highest BCUT2D eigenvalue weighted by Crippen LogP contribution is 2.40. The van der Waals surface area contributed by atoms with Crippen LogP contribution in [-0.4, -0.2) is 10.8 Å². The number of ether oxygens (including phenoxy) is 1. The molecule has 0 radical (unpaired) electrons. The van der Waals surface area contributed by atoms with E-state index in [2.05, 4.69) is 11.9 Å². The molecule has 0 spiro atoms. The van der Waals surface area contributed by atoms with Crippen molar-refractivity contribution < 1.29 is 13.9 Å². The van der Waals surface area contributed by atoms with Gasteiger partial charge in [0.2, 0.25) is 5.89 Å². The molecule has 0 fully saturated rings. The van der Waals surface area contributed by atoms with Gasteiger partial charge in [-0.05, 0) is 42.2 Å². The lowest BCUT2D eigenvalue weighted by molar-refractivity contribution is 0.0986. The lowest BCUT2D eigenvalue weighted by atomic mass is 9.97. The number of benzene rings is 2. The van der Waals surface area contributed by atoms with Crippen LogP contribution in [0.3, 0.4) is 0 Å². The standard InChI is InChI=1S/C21H19NO3/c1-13-8-9-18(20-17(23)10-14(2)19(13)20)24-11-16-12-25-21(22-16)15-6-4-3-5-7-15/h3-9,12,14H,10-11H2,1-2H3/t14-/m1/s1. The van der Waals surface area contributed by atoms with Crippen LogP contribution in [0.25, 0.3) is 11.5 Å². The summed E-state index contributed by atoms with van der Waals surface area (Å²) in [5, 5.41) is 0. The Kier molecular flexibility index (Phi) is 3.88. The second kappa shape index (κ2) is 6.20. The second-order valence-electron chi connectivity index (χ2n) is 6.50. The third kappa shape index (κ3) is 2.84. The molecular formula is C21H19NO3. The summed E-state index contributed by atoms with van der Waals surface area (Å²) in [4.78, 5) is 16.8. The van der Waals surface area contributed by atoms with Crippen LogP contribution >= 0.6 is 0 Å². The fraction of sp³-hybridized carbons (Fsp3) is 0.238. The van der Waals surface area contributed by atoms with Gasteiger partial charge in [0, 0.05) is 12.0 Å². The van der Waals surface area contributed by atoms with Crippen molar-refractivity contribution in [3.05, 3.63) is 71.1 Å². The van der Waals surface area contributed by atoms with E-state index >= 15 is 0 Å². The van der Waals surface area contributed by atoms with Crippen molar-refractivity contribution in [2.24, 2.45) is 0 Å². The Bertz CT molecular complexity index is 928. The van der Waals surface area contributed by atoms with E-state index < -0.39 is 0 Å². The molecule has 0 aliphatic heterocycles. The largest absolute Gasteiger partial charge is 0.486 e. The number of aromatic nitrogens is 1. The number of rotatable bonds is 4. The quantitative estimate of drug-likeness (QED) is 0.680. The molecule has 0 unspecified atom stereocenters. The van der Waals surface area contributed by atoms with Crippen molar-refractivity contribution in [1.29, 1.82) is 0 Å². The maximum Gasteiger partial charge on any atom is 0.226 e. The number of carbonyl (C=O) groups excluding carboxylic acids is 1. The van der Waals surface area contributed by atoms with Crippen LogP contribution in [0.5, 0.6) is 5.75 Å². The molecule has 1 aromatic heterocycles. The lowest BCUT2D eigenvalue weighted by Gasteiger charge is -2.12. The van der Waals surface area contributed by atoms with Crippen LogP contribution < -0.4 is 4.74 Å². The fourth-order valence-electron chi connectivity index (χ4n) is 3.47. The molecule has 4 rings (SSSR count).